The van der Waals surface area contributed by atoms with E-state index in [1.165, 1.54) is 32.0 Å². The van der Waals surface area contributed by atoms with Crippen molar-refractivity contribution in [1.29, 1.82) is 0 Å². The maximum Gasteiger partial charge on any atom is 0.148 e. The maximum absolute atomic E-state index is 13.9. The molecule has 3 heterocycles. The highest BCUT2D eigenvalue weighted by molar-refractivity contribution is 5.60. The zero-order valence-corrected chi connectivity index (χ0v) is 17.9. The largest absolute Gasteiger partial charge is 0.375 e. The Labute approximate surface area is 178 Å². The summed E-state index contributed by atoms with van der Waals surface area (Å²) < 4.78 is 19.9. The van der Waals surface area contributed by atoms with Crippen molar-refractivity contribution in [2.75, 3.05) is 25.0 Å². The number of anilines is 1. The Bertz CT molecular complexity index is 873. The first-order chi connectivity index (χ1) is 14.5. The third kappa shape index (κ3) is 4.08. The number of fused-ring (bicyclic) bond motifs is 1. The van der Waals surface area contributed by atoms with Gasteiger partial charge in [0.1, 0.15) is 11.6 Å². The molecule has 2 aromatic rings. The Morgan fingerprint density at radius 2 is 1.83 bits per heavy atom. The van der Waals surface area contributed by atoms with Crippen molar-refractivity contribution in [2.24, 2.45) is 11.8 Å². The van der Waals surface area contributed by atoms with Gasteiger partial charge in [0.15, 0.2) is 0 Å². The van der Waals surface area contributed by atoms with E-state index in [1.807, 2.05) is 18.2 Å². The van der Waals surface area contributed by atoms with Crippen LogP contribution >= 0.6 is 0 Å². The molecule has 2 unspecified atom stereocenters. The number of rotatable bonds is 4. The van der Waals surface area contributed by atoms with Gasteiger partial charge in [0.2, 0.25) is 0 Å². The highest BCUT2D eigenvalue weighted by atomic mass is 19.1. The van der Waals surface area contributed by atoms with Crippen LogP contribution in [0.15, 0.2) is 36.4 Å². The second-order valence-electron chi connectivity index (χ2n) is 9.83. The summed E-state index contributed by atoms with van der Waals surface area (Å²) in [5.41, 5.74) is 1.07. The molecule has 5 rings (SSSR count). The maximum atomic E-state index is 13.9. The topological polar surface area (TPSA) is 50.3 Å². The van der Waals surface area contributed by atoms with E-state index < -0.39 is 0 Å². The van der Waals surface area contributed by atoms with Gasteiger partial charge in [0, 0.05) is 37.3 Å². The Morgan fingerprint density at radius 3 is 2.50 bits per heavy atom. The Kier molecular flexibility index (Phi) is 5.23. The molecule has 0 amide bonds. The average molecular weight is 411 g/mol. The number of ether oxygens (including phenoxy) is 1. The molecular weight excluding hydrogens is 379 g/mol. The number of benzene rings is 1. The summed E-state index contributed by atoms with van der Waals surface area (Å²) in [6.07, 6.45) is 4.67. The molecule has 2 saturated heterocycles. The summed E-state index contributed by atoms with van der Waals surface area (Å²) in [7, 11) is 0. The number of likely N-dealkylation sites (tertiary alicyclic amines) is 1. The van der Waals surface area contributed by atoms with Gasteiger partial charge in [-0.05, 0) is 75.6 Å². The van der Waals surface area contributed by atoms with E-state index in [2.05, 4.69) is 34.3 Å². The minimum absolute atomic E-state index is 0.0121. The van der Waals surface area contributed by atoms with Gasteiger partial charge in [-0.25, -0.2) is 4.39 Å². The Balaban J connectivity index is 1.16. The molecule has 1 aliphatic carbocycles. The first-order valence-electron chi connectivity index (χ1n) is 11.2. The van der Waals surface area contributed by atoms with Gasteiger partial charge < -0.3 is 10.1 Å². The van der Waals surface area contributed by atoms with Crippen molar-refractivity contribution < 1.29 is 9.13 Å². The molecule has 160 valence electrons. The molecule has 2 aliphatic heterocycles. The van der Waals surface area contributed by atoms with E-state index in [0.717, 1.165) is 37.1 Å². The van der Waals surface area contributed by atoms with Gasteiger partial charge in [-0.1, -0.05) is 12.1 Å². The van der Waals surface area contributed by atoms with Crippen molar-refractivity contribution in [3.8, 4) is 11.3 Å². The van der Waals surface area contributed by atoms with E-state index in [1.54, 1.807) is 12.1 Å². The van der Waals surface area contributed by atoms with E-state index in [0.29, 0.717) is 23.3 Å². The highest BCUT2D eigenvalue weighted by Crippen LogP contribution is 2.41. The number of aromatic nitrogens is 2. The zero-order chi connectivity index (χ0) is 20.7. The molecule has 3 fully saturated rings. The minimum atomic E-state index is -0.270. The molecule has 0 spiro atoms. The van der Waals surface area contributed by atoms with Gasteiger partial charge in [0.05, 0.1) is 11.3 Å². The fraction of sp³-hybridized carbons (Fsp3) is 0.583. The lowest BCUT2D eigenvalue weighted by molar-refractivity contribution is -0.0811. The molecule has 3 aliphatic rings. The number of hydrogen-bond donors (Lipinski definition) is 1. The molecule has 0 radical (unpaired) electrons. The van der Waals surface area contributed by atoms with Gasteiger partial charge in [-0.3, -0.25) is 4.90 Å². The molecule has 1 aromatic carbocycles. The fourth-order valence-electron chi connectivity index (χ4n) is 5.69. The van der Waals surface area contributed by atoms with E-state index in [4.69, 9.17) is 4.74 Å². The second kappa shape index (κ2) is 7.89. The van der Waals surface area contributed by atoms with Gasteiger partial charge in [-0.15, -0.1) is 10.2 Å². The summed E-state index contributed by atoms with van der Waals surface area (Å²) in [4.78, 5) is 2.72. The van der Waals surface area contributed by atoms with Crippen LogP contribution in [0.3, 0.4) is 0 Å². The predicted octanol–water partition coefficient (Wildman–Crippen LogP) is 4.36. The number of nitrogens with one attached hydrogen (secondary N) is 1. The molecule has 30 heavy (non-hydrogen) atoms. The summed E-state index contributed by atoms with van der Waals surface area (Å²) in [6.45, 7) is 7.74. The predicted molar refractivity (Wildman–Crippen MR) is 116 cm³/mol. The van der Waals surface area contributed by atoms with Crippen molar-refractivity contribution in [2.45, 2.75) is 57.2 Å². The average Bonchev–Trinajstić information content (AvgIpc) is 3.27. The zero-order valence-electron chi connectivity index (χ0n) is 17.9. The summed E-state index contributed by atoms with van der Waals surface area (Å²) in [6, 6.07) is 11.6. The van der Waals surface area contributed by atoms with Crippen LogP contribution in [0.5, 0.6) is 0 Å². The van der Waals surface area contributed by atoms with Crippen LogP contribution in [-0.2, 0) is 4.74 Å². The first-order valence-corrected chi connectivity index (χ1v) is 11.2. The standard InChI is InChI=1S/C24H31FN4O/c1-24(2)13-19(9-10-30-24)29-14-16-11-18(12-17(16)15-29)26-23-8-7-22(27-28-23)20-5-3-4-6-21(20)25/h3-8,16-19H,9-15H2,1-2H3,(H,26,28)/t16-,17+,18?,19?. The SMILES string of the molecule is CC1(C)CC(N2C[C@H]3CC(Nc4ccc(-c5ccccc5F)nn4)C[C@H]3C2)CCO1. The minimum Gasteiger partial charge on any atom is -0.375 e. The molecule has 1 saturated carbocycles. The van der Waals surface area contributed by atoms with E-state index in [9.17, 15) is 4.39 Å². The third-order valence-electron chi connectivity index (χ3n) is 7.13. The van der Waals surface area contributed by atoms with Crippen LogP contribution in [-0.4, -0.2) is 52.5 Å². The lowest BCUT2D eigenvalue weighted by atomic mass is 9.93. The van der Waals surface area contributed by atoms with Gasteiger partial charge >= 0.3 is 0 Å². The molecule has 1 N–H and O–H groups in total. The summed E-state index contributed by atoms with van der Waals surface area (Å²) in [5.74, 6) is 2.04. The second-order valence-corrected chi connectivity index (χ2v) is 9.83. The molecule has 6 heteroatoms. The normalized spacial score (nSPS) is 30.9. The van der Waals surface area contributed by atoms with Crippen molar-refractivity contribution in [1.82, 2.24) is 15.1 Å². The molecule has 4 atom stereocenters. The van der Waals surface area contributed by atoms with Crippen LogP contribution < -0.4 is 5.32 Å². The van der Waals surface area contributed by atoms with Crippen LogP contribution in [0.1, 0.15) is 39.5 Å². The molecule has 5 nitrogen and oxygen atoms in total. The van der Waals surface area contributed by atoms with Crippen LogP contribution in [0, 0.1) is 17.7 Å². The summed E-state index contributed by atoms with van der Waals surface area (Å²) in [5, 5.41) is 12.1. The smallest absolute Gasteiger partial charge is 0.148 e. The van der Waals surface area contributed by atoms with Crippen LogP contribution in [0.25, 0.3) is 11.3 Å². The Morgan fingerprint density at radius 1 is 1.07 bits per heavy atom. The number of nitrogens with zero attached hydrogens (tertiary/aromatic N) is 3. The lowest BCUT2D eigenvalue weighted by Gasteiger charge is -2.40. The quantitative estimate of drug-likeness (QED) is 0.812. The van der Waals surface area contributed by atoms with Gasteiger partial charge in [-0.2, -0.15) is 0 Å². The monoisotopic (exact) mass is 410 g/mol. The van der Waals surface area contributed by atoms with Crippen LogP contribution in [0.2, 0.25) is 0 Å². The fourth-order valence-corrected chi connectivity index (χ4v) is 5.69. The van der Waals surface area contributed by atoms with Crippen molar-refractivity contribution in [3.05, 3.63) is 42.2 Å². The molecule has 1 aromatic heterocycles. The molecular formula is C24H31FN4O. The van der Waals surface area contributed by atoms with Gasteiger partial charge in [0.25, 0.3) is 0 Å². The first kappa shape index (κ1) is 19.9. The number of halogens is 1. The van der Waals surface area contributed by atoms with Crippen molar-refractivity contribution in [3.63, 3.8) is 0 Å². The lowest BCUT2D eigenvalue weighted by Crippen LogP contribution is -2.45. The van der Waals surface area contributed by atoms with Crippen molar-refractivity contribution >= 4 is 5.82 Å². The van der Waals surface area contributed by atoms with E-state index >= 15 is 0 Å². The highest BCUT2D eigenvalue weighted by Gasteiger charge is 2.44. The molecule has 0 bridgehead atoms. The Hall–Kier alpha value is -2.05. The number of hydrogen-bond acceptors (Lipinski definition) is 5. The third-order valence-corrected chi connectivity index (χ3v) is 7.13. The summed E-state index contributed by atoms with van der Waals surface area (Å²) >= 11 is 0. The van der Waals surface area contributed by atoms with Crippen LogP contribution in [0.4, 0.5) is 10.2 Å². The van der Waals surface area contributed by atoms with E-state index in [-0.39, 0.29) is 11.4 Å².